The van der Waals surface area contributed by atoms with E-state index in [2.05, 4.69) is 5.10 Å². The van der Waals surface area contributed by atoms with Crippen molar-refractivity contribution in [3.8, 4) is 11.1 Å². The van der Waals surface area contributed by atoms with Crippen molar-refractivity contribution in [1.29, 1.82) is 0 Å². The molecule has 1 heterocycles. The summed E-state index contributed by atoms with van der Waals surface area (Å²) >= 11 is 0. The third-order valence-electron chi connectivity index (χ3n) is 2.95. The van der Waals surface area contributed by atoms with Crippen molar-refractivity contribution in [2.24, 2.45) is 0 Å². The van der Waals surface area contributed by atoms with Crippen LogP contribution < -0.4 is 5.73 Å². The van der Waals surface area contributed by atoms with Crippen LogP contribution in [0.25, 0.3) is 11.1 Å². The number of nitrogen functional groups attached to an aromatic ring is 1. The molecule has 0 spiro atoms. The van der Waals surface area contributed by atoms with Gasteiger partial charge in [-0.25, -0.2) is 8.42 Å². The smallest absolute Gasteiger partial charge is 0.151 e. The molecule has 0 unspecified atom stereocenters. The zero-order valence-corrected chi connectivity index (χ0v) is 11.6. The molecule has 0 bridgehead atoms. The molecule has 1 aromatic carbocycles. The van der Waals surface area contributed by atoms with Crippen molar-refractivity contribution in [3.63, 3.8) is 0 Å². The number of benzene rings is 1. The summed E-state index contributed by atoms with van der Waals surface area (Å²) in [5.41, 5.74) is 8.31. The fraction of sp³-hybridized carbons (Fsp3) is 0.308. The molecule has 0 saturated carbocycles. The maximum Gasteiger partial charge on any atom is 0.151 e. The van der Waals surface area contributed by atoms with Crippen LogP contribution in [0.4, 0.5) is 5.69 Å². The molecule has 0 aliphatic rings. The summed E-state index contributed by atoms with van der Waals surface area (Å²) in [5.74, 6) is 0.283. The van der Waals surface area contributed by atoms with Gasteiger partial charge in [-0.15, -0.1) is 0 Å². The number of aryl methyl sites for hydroxylation is 1. The van der Waals surface area contributed by atoms with Gasteiger partial charge in [0.2, 0.25) is 0 Å². The molecule has 2 aromatic rings. The van der Waals surface area contributed by atoms with Crippen LogP contribution in [0.3, 0.4) is 0 Å². The first-order valence-electron chi connectivity index (χ1n) is 6.09. The summed E-state index contributed by atoms with van der Waals surface area (Å²) in [6, 6.07) is 7.49. The summed E-state index contributed by atoms with van der Waals surface area (Å²) in [6.07, 6.45) is 3.57. The van der Waals surface area contributed by atoms with E-state index < -0.39 is 9.84 Å². The molecule has 0 atom stereocenters. The fourth-order valence-corrected chi connectivity index (χ4v) is 2.44. The number of hydrogen-bond donors (Lipinski definition) is 1. The number of rotatable bonds is 5. The van der Waals surface area contributed by atoms with Crippen LogP contribution in [-0.2, 0) is 16.4 Å². The molecule has 1 aromatic heterocycles. The van der Waals surface area contributed by atoms with E-state index in [0.717, 1.165) is 11.1 Å². The van der Waals surface area contributed by atoms with Crippen LogP contribution in [0.1, 0.15) is 6.92 Å². The maximum absolute atomic E-state index is 11.4. The minimum absolute atomic E-state index is 0.117. The highest BCUT2D eigenvalue weighted by Crippen LogP contribution is 2.19. The molecule has 0 aliphatic carbocycles. The molecule has 0 saturated heterocycles. The Morgan fingerprint density at radius 3 is 2.53 bits per heavy atom. The summed E-state index contributed by atoms with van der Waals surface area (Å²) in [7, 11) is -2.96. The topological polar surface area (TPSA) is 78.0 Å². The van der Waals surface area contributed by atoms with Crippen molar-refractivity contribution in [3.05, 3.63) is 36.7 Å². The molecule has 19 heavy (non-hydrogen) atoms. The predicted molar refractivity (Wildman–Crippen MR) is 76.4 cm³/mol. The van der Waals surface area contributed by atoms with E-state index >= 15 is 0 Å². The number of hydrogen-bond acceptors (Lipinski definition) is 4. The normalized spacial score (nSPS) is 11.6. The number of aromatic nitrogens is 2. The second-order valence-electron chi connectivity index (χ2n) is 4.35. The molecule has 2 N–H and O–H groups in total. The highest BCUT2D eigenvalue weighted by molar-refractivity contribution is 7.91. The van der Waals surface area contributed by atoms with Gasteiger partial charge in [-0.05, 0) is 17.7 Å². The Bertz CT molecular complexity index is 645. The van der Waals surface area contributed by atoms with E-state index in [0.29, 0.717) is 12.2 Å². The van der Waals surface area contributed by atoms with Gasteiger partial charge in [0, 0.05) is 23.2 Å². The summed E-state index contributed by atoms with van der Waals surface area (Å²) in [4.78, 5) is 0. The van der Waals surface area contributed by atoms with Crippen LogP contribution in [0, 0.1) is 0 Å². The molecular weight excluding hydrogens is 262 g/mol. The zero-order chi connectivity index (χ0) is 13.9. The Hall–Kier alpha value is -1.82. The Morgan fingerprint density at radius 2 is 1.89 bits per heavy atom. The van der Waals surface area contributed by atoms with Crippen LogP contribution in [0.15, 0.2) is 36.7 Å². The highest BCUT2D eigenvalue weighted by atomic mass is 32.2. The largest absolute Gasteiger partial charge is 0.399 e. The van der Waals surface area contributed by atoms with E-state index in [1.807, 2.05) is 30.5 Å². The van der Waals surface area contributed by atoms with E-state index in [9.17, 15) is 8.42 Å². The highest BCUT2D eigenvalue weighted by Gasteiger charge is 2.08. The van der Waals surface area contributed by atoms with Gasteiger partial charge in [0.25, 0.3) is 0 Å². The Labute approximate surface area is 113 Å². The number of anilines is 1. The van der Waals surface area contributed by atoms with Crippen LogP contribution in [-0.4, -0.2) is 29.7 Å². The van der Waals surface area contributed by atoms with Gasteiger partial charge in [-0.1, -0.05) is 19.1 Å². The summed E-state index contributed by atoms with van der Waals surface area (Å²) in [5, 5.41) is 4.17. The van der Waals surface area contributed by atoms with E-state index in [-0.39, 0.29) is 11.5 Å². The second kappa shape index (κ2) is 5.44. The lowest BCUT2D eigenvalue weighted by molar-refractivity contribution is 0.582. The third kappa shape index (κ3) is 3.57. The van der Waals surface area contributed by atoms with Gasteiger partial charge in [0.05, 0.1) is 18.5 Å². The number of sulfone groups is 1. The van der Waals surface area contributed by atoms with Crippen LogP contribution >= 0.6 is 0 Å². The SMILES string of the molecule is CCS(=O)(=O)CCn1cc(-c2ccc(N)cc2)cn1. The van der Waals surface area contributed by atoms with Gasteiger partial charge in [-0.3, -0.25) is 4.68 Å². The second-order valence-corrected chi connectivity index (χ2v) is 6.82. The van der Waals surface area contributed by atoms with Gasteiger partial charge >= 0.3 is 0 Å². The standard InChI is InChI=1S/C13H17N3O2S/c1-2-19(17,18)8-7-16-10-12(9-15-16)11-3-5-13(14)6-4-11/h3-6,9-10H,2,7-8,14H2,1H3. The minimum Gasteiger partial charge on any atom is -0.399 e. The monoisotopic (exact) mass is 279 g/mol. The van der Waals surface area contributed by atoms with Gasteiger partial charge in [0.15, 0.2) is 9.84 Å². The lowest BCUT2D eigenvalue weighted by Gasteiger charge is -2.01. The predicted octanol–water partition coefficient (Wildman–Crippen LogP) is 1.57. The zero-order valence-electron chi connectivity index (χ0n) is 10.8. The molecular formula is C13H17N3O2S. The molecule has 5 nitrogen and oxygen atoms in total. The van der Waals surface area contributed by atoms with E-state index in [1.54, 1.807) is 17.8 Å². The first-order valence-corrected chi connectivity index (χ1v) is 7.91. The fourth-order valence-electron chi connectivity index (χ4n) is 1.69. The van der Waals surface area contributed by atoms with Gasteiger partial charge in [0.1, 0.15) is 0 Å². The number of nitrogens with zero attached hydrogens (tertiary/aromatic N) is 2. The Balaban J connectivity index is 2.09. The quantitative estimate of drug-likeness (QED) is 0.843. The van der Waals surface area contributed by atoms with Crippen molar-refractivity contribution < 1.29 is 8.42 Å². The minimum atomic E-state index is -2.96. The van der Waals surface area contributed by atoms with E-state index in [4.69, 9.17) is 5.73 Å². The molecule has 6 heteroatoms. The van der Waals surface area contributed by atoms with Crippen molar-refractivity contribution in [2.75, 3.05) is 17.2 Å². The first-order chi connectivity index (χ1) is 9.00. The third-order valence-corrected chi connectivity index (χ3v) is 4.63. The van der Waals surface area contributed by atoms with Crippen LogP contribution in [0.2, 0.25) is 0 Å². The lowest BCUT2D eigenvalue weighted by Crippen LogP contribution is -2.14. The molecule has 0 amide bonds. The van der Waals surface area contributed by atoms with E-state index in [1.165, 1.54) is 0 Å². The molecule has 0 aliphatic heterocycles. The Kier molecular flexibility index (Phi) is 3.90. The van der Waals surface area contributed by atoms with Crippen molar-refractivity contribution >= 4 is 15.5 Å². The number of nitrogens with two attached hydrogens (primary N) is 1. The first kappa shape index (κ1) is 13.6. The van der Waals surface area contributed by atoms with Gasteiger partial charge < -0.3 is 5.73 Å². The molecule has 102 valence electrons. The van der Waals surface area contributed by atoms with Crippen LogP contribution in [0.5, 0.6) is 0 Å². The summed E-state index contributed by atoms with van der Waals surface area (Å²) < 4.78 is 24.5. The average molecular weight is 279 g/mol. The van der Waals surface area contributed by atoms with Crippen molar-refractivity contribution in [2.45, 2.75) is 13.5 Å². The Morgan fingerprint density at radius 1 is 1.21 bits per heavy atom. The molecule has 2 rings (SSSR count). The maximum atomic E-state index is 11.4. The molecule has 0 radical (unpaired) electrons. The lowest BCUT2D eigenvalue weighted by atomic mass is 10.1. The average Bonchev–Trinajstić information content (AvgIpc) is 2.86. The summed E-state index contributed by atoms with van der Waals surface area (Å²) in [6.45, 7) is 2.03. The van der Waals surface area contributed by atoms with Gasteiger partial charge in [-0.2, -0.15) is 5.10 Å². The molecule has 0 fully saturated rings. The van der Waals surface area contributed by atoms with Crippen molar-refractivity contribution in [1.82, 2.24) is 9.78 Å².